The Morgan fingerprint density at radius 2 is 1.97 bits per heavy atom. The van der Waals surface area contributed by atoms with E-state index in [2.05, 4.69) is 20.3 Å². The Bertz CT molecular complexity index is 823. The predicted octanol–water partition coefficient (Wildman–Crippen LogP) is 2.76. The highest BCUT2D eigenvalue weighted by Gasteiger charge is 2.41. The van der Waals surface area contributed by atoms with Crippen LogP contribution in [0.15, 0.2) is 34.2 Å². The monoisotopic (exact) mass is 536 g/mol. The first-order chi connectivity index (χ1) is 13.2. The molecule has 2 heterocycles. The molecule has 9 heteroatoms. The van der Waals surface area contributed by atoms with Gasteiger partial charge in [-0.3, -0.25) is 0 Å². The van der Waals surface area contributed by atoms with Crippen molar-refractivity contribution in [2.45, 2.75) is 82.2 Å². The van der Waals surface area contributed by atoms with Crippen LogP contribution >= 0.6 is 24.0 Å². The zero-order valence-electron chi connectivity index (χ0n) is 17.6. The molecule has 2 aliphatic heterocycles. The summed E-state index contributed by atoms with van der Waals surface area (Å²) >= 11 is 0. The predicted molar refractivity (Wildman–Crippen MR) is 126 cm³/mol. The number of fused-ring (bicyclic) bond motifs is 2. The van der Waals surface area contributed by atoms with Gasteiger partial charge >= 0.3 is 0 Å². The highest BCUT2D eigenvalue weighted by Crippen LogP contribution is 2.34. The zero-order chi connectivity index (χ0) is 20.4. The van der Waals surface area contributed by atoms with Crippen molar-refractivity contribution in [3.63, 3.8) is 0 Å². The van der Waals surface area contributed by atoms with Crippen molar-refractivity contribution in [2.24, 2.45) is 4.99 Å². The lowest BCUT2D eigenvalue weighted by Crippen LogP contribution is -2.47. The fourth-order valence-corrected chi connectivity index (χ4v) is 5.46. The van der Waals surface area contributed by atoms with E-state index in [1.165, 1.54) is 0 Å². The molecule has 0 aliphatic carbocycles. The number of nitrogens with zero attached hydrogens (tertiary/aromatic N) is 1. The molecule has 2 bridgehead atoms. The third kappa shape index (κ3) is 6.53. The molecular formula is C20H33IN4O3S. The average Bonchev–Trinajstić information content (AvgIpc) is 3.21. The Kier molecular flexibility index (Phi) is 8.34. The SMILES string of the molecule is CCNC(=NCc1ccccc1S(=O)(=O)NC(C)(C)C)NC1CC2CCC1O2.I. The molecule has 164 valence electrons. The standard InChI is InChI=1S/C20H32N4O3S.HI/c1-5-21-19(23-16-12-15-10-11-17(16)27-15)22-13-14-8-6-7-9-18(14)28(25,26)24-20(2,3)4;/h6-9,15-17,24H,5,10-13H2,1-4H3,(H2,21,22,23);1H. The number of benzene rings is 1. The van der Waals surface area contributed by atoms with E-state index in [0.717, 1.165) is 25.8 Å². The van der Waals surface area contributed by atoms with Gasteiger partial charge in [-0.1, -0.05) is 18.2 Å². The minimum atomic E-state index is -3.62. The van der Waals surface area contributed by atoms with Gasteiger partial charge in [-0.05, 0) is 58.6 Å². The van der Waals surface area contributed by atoms with E-state index in [0.29, 0.717) is 17.6 Å². The number of guanidine groups is 1. The fraction of sp³-hybridized carbons (Fsp3) is 0.650. The summed E-state index contributed by atoms with van der Waals surface area (Å²) in [5.41, 5.74) is 0.119. The van der Waals surface area contributed by atoms with Crippen molar-refractivity contribution in [3.05, 3.63) is 29.8 Å². The van der Waals surface area contributed by atoms with Crippen LogP contribution in [0.25, 0.3) is 0 Å². The van der Waals surface area contributed by atoms with Crippen LogP contribution < -0.4 is 15.4 Å². The maximum atomic E-state index is 12.8. The van der Waals surface area contributed by atoms with Gasteiger partial charge in [0.1, 0.15) is 0 Å². The topological polar surface area (TPSA) is 91.8 Å². The van der Waals surface area contributed by atoms with E-state index in [1.54, 1.807) is 12.1 Å². The molecule has 29 heavy (non-hydrogen) atoms. The second-order valence-electron chi connectivity index (χ2n) is 8.52. The Hall–Kier alpha value is -0.910. The molecule has 0 amide bonds. The number of sulfonamides is 1. The van der Waals surface area contributed by atoms with Crippen molar-refractivity contribution in [3.8, 4) is 0 Å². The van der Waals surface area contributed by atoms with E-state index in [1.807, 2.05) is 39.8 Å². The van der Waals surface area contributed by atoms with E-state index in [9.17, 15) is 8.42 Å². The van der Waals surface area contributed by atoms with Crippen molar-refractivity contribution in [2.75, 3.05) is 6.54 Å². The lowest BCUT2D eigenvalue weighted by Gasteiger charge is -2.23. The zero-order valence-corrected chi connectivity index (χ0v) is 20.7. The smallest absolute Gasteiger partial charge is 0.241 e. The minimum absolute atomic E-state index is 0. The van der Waals surface area contributed by atoms with Gasteiger partial charge in [0.05, 0.1) is 29.7 Å². The molecular weight excluding hydrogens is 503 g/mol. The Morgan fingerprint density at radius 3 is 2.55 bits per heavy atom. The minimum Gasteiger partial charge on any atom is -0.373 e. The Balaban J connectivity index is 0.00000300. The van der Waals surface area contributed by atoms with Crippen LogP contribution in [0.5, 0.6) is 0 Å². The number of hydrogen-bond acceptors (Lipinski definition) is 4. The fourth-order valence-electron chi connectivity index (χ4n) is 3.80. The molecule has 3 rings (SSSR count). The number of nitrogens with one attached hydrogen (secondary N) is 3. The molecule has 1 aromatic carbocycles. The second-order valence-corrected chi connectivity index (χ2v) is 10.2. The first-order valence-corrected chi connectivity index (χ1v) is 11.5. The molecule has 3 unspecified atom stereocenters. The quantitative estimate of drug-likeness (QED) is 0.296. The Morgan fingerprint density at radius 1 is 1.24 bits per heavy atom. The van der Waals surface area contributed by atoms with Gasteiger partial charge in [0.25, 0.3) is 0 Å². The third-order valence-corrected chi connectivity index (χ3v) is 6.74. The van der Waals surface area contributed by atoms with Crippen LogP contribution in [0, 0.1) is 0 Å². The van der Waals surface area contributed by atoms with Gasteiger partial charge in [0, 0.05) is 12.1 Å². The molecule has 0 aromatic heterocycles. The van der Waals surface area contributed by atoms with Gasteiger partial charge in [0.15, 0.2) is 5.96 Å². The molecule has 0 saturated carbocycles. The van der Waals surface area contributed by atoms with Crippen LogP contribution in [0.4, 0.5) is 0 Å². The summed E-state index contributed by atoms with van der Waals surface area (Å²) in [5, 5.41) is 6.72. The molecule has 3 N–H and O–H groups in total. The molecule has 3 atom stereocenters. The summed E-state index contributed by atoms with van der Waals surface area (Å²) in [4.78, 5) is 4.92. The highest BCUT2D eigenvalue weighted by molar-refractivity contribution is 14.0. The lowest BCUT2D eigenvalue weighted by molar-refractivity contribution is 0.0992. The number of aliphatic imine (C=N–C) groups is 1. The summed E-state index contributed by atoms with van der Waals surface area (Å²) < 4.78 is 34.2. The summed E-state index contributed by atoms with van der Waals surface area (Å²) in [6.07, 6.45) is 3.83. The Labute approximate surface area is 191 Å². The maximum Gasteiger partial charge on any atom is 0.241 e. The van der Waals surface area contributed by atoms with Crippen molar-refractivity contribution in [1.82, 2.24) is 15.4 Å². The average molecular weight is 536 g/mol. The maximum absolute atomic E-state index is 12.8. The summed E-state index contributed by atoms with van der Waals surface area (Å²) in [6, 6.07) is 7.28. The van der Waals surface area contributed by atoms with Gasteiger partial charge in [-0.25, -0.2) is 18.1 Å². The van der Waals surface area contributed by atoms with Crippen molar-refractivity contribution >= 4 is 40.0 Å². The van der Waals surface area contributed by atoms with Crippen LogP contribution in [0.1, 0.15) is 52.5 Å². The molecule has 2 aliphatic rings. The van der Waals surface area contributed by atoms with Crippen molar-refractivity contribution < 1.29 is 13.2 Å². The van der Waals surface area contributed by atoms with Gasteiger partial charge in [-0.15, -0.1) is 24.0 Å². The largest absolute Gasteiger partial charge is 0.373 e. The lowest BCUT2D eigenvalue weighted by atomic mass is 9.96. The number of hydrogen-bond donors (Lipinski definition) is 3. The second kappa shape index (κ2) is 9.93. The highest BCUT2D eigenvalue weighted by atomic mass is 127. The molecule has 2 fully saturated rings. The van der Waals surface area contributed by atoms with E-state index in [-0.39, 0.29) is 47.6 Å². The van der Waals surface area contributed by atoms with E-state index < -0.39 is 15.6 Å². The van der Waals surface area contributed by atoms with Crippen LogP contribution in [-0.4, -0.2) is 44.7 Å². The van der Waals surface area contributed by atoms with E-state index in [4.69, 9.17) is 4.74 Å². The summed E-state index contributed by atoms with van der Waals surface area (Å²) in [5.74, 6) is 0.694. The third-order valence-electron chi connectivity index (χ3n) is 4.88. The van der Waals surface area contributed by atoms with Crippen LogP contribution in [-0.2, 0) is 21.3 Å². The molecule has 2 saturated heterocycles. The molecule has 1 aromatic rings. The summed E-state index contributed by atoms with van der Waals surface area (Å²) in [6.45, 7) is 8.51. The van der Waals surface area contributed by atoms with Gasteiger partial charge in [0.2, 0.25) is 10.0 Å². The van der Waals surface area contributed by atoms with Gasteiger partial charge < -0.3 is 15.4 Å². The number of halogens is 1. The number of rotatable bonds is 6. The number of ether oxygens (including phenoxy) is 1. The van der Waals surface area contributed by atoms with E-state index >= 15 is 0 Å². The van der Waals surface area contributed by atoms with Crippen LogP contribution in [0.2, 0.25) is 0 Å². The molecule has 7 nitrogen and oxygen atoms in total. The van der Waals surface area contributed by atoms with Gasteiger partial charge in [-0.2, -0.15) is 0 Å². The first kappa shape index (κ1) is 24.4. The van der Waals surface area contributed by atoms with Crippen molar-refractivity contribution in [1.29, 1.82) is 0 Å². The summed E-state index contributed by atoms with van der Waals surface area (Å²) in [7, 11) is -3.62. The first-order valence-electron chi connectivity index (χ1n) is 10.00. The molecule has 0 spiro atoms. The van der Waals surface area contributed by atoms with Crippen LogP contribution in [0.3, 0.4) is 0 Å². The molecule has 0 radical (unpaired) electrons. The normalized spacial score (nSPS) is 24.3.